The van der Waals surface area contributed by atoms with Gasteiger partial charge in [-0.1, -0.05) is 12.2 Å². The molecule has 0 saturated carbocycles. The van der Waals surface area contributed by atoms with Gasteiger partial charge in [-0.05, 0) is 30.2 Å². The monoisotopic (exact) mass is 220 g/mol. The first-order chi connectivity index (χ1) is 7.54. The van der Waals surface area contributed by atoms with E-state index in [0.29, 0.717) is 11.4 Å². The predicted octanol–water partition coefficient (Wildman–Crippen LogP) is 1.74. The van der Waals surface area contributed by atoms with E-state index in [4.69, 9.17) is 11.5 Å². The molecule has 1 aromatic carbocycles. The topological polar surface area (TPSA) is 78.3 Å². The number of ether oxygens (including phenoxy) is 1. The van der Waals surface area contributed by atoms with Crippen molar-refractivity contribution in [3.63, 3.8) is 0 Å². The molecular weight excluding hydrogens is 204 g/mol. The molecule has 0 bridgehead atoms. The van der Waals surface area contributed by atoms with E-state index in [-0.39, 0.29) is 12.4 Å². The van der Waals surface area contributed by atoms with Crippen LogP contribution in [-0.2, 0) is 9.53 Å². The van der Waals surface area contributed by atoms with Crippen molar-refractivity contribution in [3.05, 3.63) is 29.3 Å². The van der Waals surface area contributed by atoms with Crippen LogP contribution in [0.2, 0.25) is 0 Å². The molecule has 0 heterocycles. The van der Waals surface area contributed by atoms with E-state index in [1.807, 2.05) is 19.1 Å². The lowest BCUT2D eigenvalue weighted by molar-refractivity contribution is -0.139. The zero-order valence-electron chi connectivity index (χ0n) is 9.49. The molecular formula is C12H16N2O2. The van der Waals surface area contributed by atoms with Crippen LogP contribution in [0.25, 0.3) is 6.08 Å². The molecule has 4 N–H and O–H groups in total. The van der Waals surface area contributed by atoms with Crippen molar-refractivity contribution in [1.29, 1.82) is 0 Å². The van der Waals surface area contributed by atoms with Gasteiger partial charge < -0.3 is 16.2 Å². The van der Waals surface area contributed by atoms with Crippen LogP contribution in [0.15, 0.2) is 18.2 Å². The van der Waals surface area contributed by atoms with Gasteiger partial charge in [-0.15, -0.1) is 0 Å². The molecule has 0 atom stereocenters. The maximum absolute atomic E-state index is 10.9. The van der Waals surface area contributed by atoms with Crippen LogP contribution >= 0.6 is 0 Å². The van der Waals surface area contributed by atoms with Gasteiger partial charge in [0.1, 0.15) is 0 Å². The second-order valence-corrected chi connectivity index (χ2v) is 3.52. The zero-order valence-corrected chi connectivity index (χ0v) is 9.49. The summed E-state index contributed by atoms with van der Waals surface area (Å²) in [6.07, 6.45) is 3.83. The summed E-state index contributed by atoms with van der Waals surface area (Å²) in [6, 6.07) is 3.60. The van der Waals surface area contributed by atoms with E-state index < -0.39 is 0 Å². The molecule has 0 aliphatic heterocycles. The lowest BCUT2D eigenvalue weighted by Crippen LogP contribution is -1.98. The zero-order chi connectivity index (χ0) is 12.1. The van der Waals surface area contributed by atoms with Crippen molar-refractivity contribution >= 4 is 23.4 Å². The van der Waals surface area contributed by atoms with Gasteiger partial charge in [0.15, 0.2) is 0 Å². The van der Waals surface area contributed by atoms with Gasteiger partial charge in [-0.3, -0.25) is 4.79 Å². The Bertz CT molecular complexity index is 425. The number of nitrogen functional groups attached to an aromatic ring is 2. The summed E-state index contributed by atoms with van der Waals surface area (Å²) in [7, 11) is 1.36. The van der Waals surface area contributed by atoms with Crippen LogP contribution < -0.4 is 11.5 Å². The third kappa shape index (κ3) is 3.02. The fraction of sp³-hybridized carbons (Fsp3) is 0.250. The summed E-state index contributed by atoms with van der Waals surface area (Å²) in [5.41, 5.74) is 14.5. The lowest BCUT2D eigenvalue weighted by Gasteiger charge is -2.05. The van der Waals surface area contributed by atoms with Gasteiger partial charge in [-0.2, -0.15) is 0 Å². The Balaban J connectivity index is 2.81. The van der Waals surface area contributed by atoms with Crippen molar-refractivity contribution in [2.45, 2.75) is 13.3 Å². The van der Waals surface area contributed by atoms with E-state index in [2.05, 4.69) is 4.74 Å². The van der Waals surface area contributed by atoms with E-state index >= 15 is 0 Å². The number of hydrogen-bond acceptors (Lipinski definition) is 4. The Morgan fingerprint density at radius 1 is 1.38 bits per heavy atom. The number of rotatable bonds is 3. The minimum absolute atomic E-state index is 0.250. The highest BCUT2D eigenvalue weighted by Crippen LogP contribution is 2.21. The fourth-order valence-electron chi connectivity index (χ4n) is 1.31. The highest BCUT2D eigenvalue weighted by molar-refractivity contribution is 5.74. The van der Waals surface area contributed by atoms with Crippen LogP contribution in [0.4, 0.5) is 11.4 Å². The second kappa shape index (κ2) is 5.21. The highest BCUT2D eigenvalue weighted by Gasteiger charge is 2.00. The summed E-state index contributed by atoms with van der Waals surface area (Å²) >= 11 is 0. The number of hydrogen-bond donors (Lipinski definition) is 2. The smallest absolute Gasteiger partial charge is 0.309 e. The number of methoxy groups -OCH3 is 1. The third-order valence-corrected chi connectivity index (χ3v) is 2.28. The molecule has 1 aromatic rings. The van der Waals surface area contributed by atoms with E-state index in [9.17, 15) is 4.79 Å². The molecule has 4 heteroatoms. The Morgan fingerprint density at radius 3 is 2.62 bits per heavy atom. The number of carbonyl (C=O) groups is 1. The average molecular weight is 220 g/mol. The van der Waals surface area contributed by atoms with Crippen LogP contribution in [0.5, 0.6) is 0 Å². The van der Waals surface area contributed by atoms with Crippen LogP contribution in [0.3, 0.4) is 0 Å². The van der Waals surface area contributed by atoms with Crippen molar-refractivity contribution in [2.75, 3.05) is 18.6 Å². The molecule has 4 nitrogen and oxygen atoms in total. The van der Waals surface area contributed by atoms with Gasteiger partial charge in [0.05, 0.1) is 24.9 Å². The first kappa shape index (κ1) is 12.1. The molecule has 1 rings (SSSR count). The molecule has 86 valence electrons. The largest absolute Gasteiger partial charge is 0.469 e. The Morgan fingerprint density at radius 2 is 2.00 bits per heavy atom. The fourth-order valence-corrected chi connectivity index (χ4v) is 1.31. The number of aryl methyl sites for hydroxylation is 1. The van der Waals surface area contributed by atoms with Crippen LogP contribution in [0.1, 0.15) is 17.5 Å². The quantitative estimate of drug-likeness (QED) is 0.600. The second-order valence-electron chi connectivity index (χ2n) is 3.52. The first-order valence-electron chi connectivity index (χ1n) is 4.93. The minimum Gasteiger partial charge on any atom is -0.469 e. The van der Waals surface area contributed by atoms with Gasteiger partial charge in [-0.25, -0.2) is 0 Å². The van der Waals surface area contributed by atoms with Crippen molar-refractivity contribution in [2.24, 2.45) is 0 Å². The number of esters is 1. The molecule has 0 saturated heterocycles. The molecule has 16 heavy (non-hydrogen) atoms. The summed E-state index contributed by atoms with van der Waals surface area (Å²) in [5, 5.41) is 0. The van der Waals surface area contributed by atoms with Gasteiger partial charge in [0.2, 0.25) is 0 Å². The predicted molar refractivity (Wildman–Crippen MR) is 65.7 cm³/mol. The Labute approximate surface area is 94.9 Å². The minimum atomic E-state index is -0.266. The van der Waals surface area contributed by atoms with Gasteiger partial charge in [0, 0.05) is 0 Å². The average Bonchev–Trinajstić information content (AvgIpc) is 2.25. The van der Waals surface area contributed by atoms with Gasteiger partial charge >= 0.3 is 5.97 Å². The molecule has 0 aliphatic rings. The maximum Gasteiger partial charge on any atom is 0.309 e. The maximum atomic E-state index is 10.9. The van der Waals surface area contributed by atoms with E-state index in [1.165, 1.54) is 7.11 Å². The lowest BCUT2D eigenvalue weighted by atomic mass is 10.1. The molecule has 0 fully saturated rings. The molecule has 0 unspecified atom stereocenters. The van der Waals surface area contributed by atoms with Crippen LogP contribution in [0, 0.1) is 6.92 Å². The number of benzene rings is 1. The third-order valence-electron chi connectivity index (χ3n) is 2.28. The molecule has 0 aromatic heterocycles. The first-order valence-corrected chi connectivity index (χ1v) is 4.93. The molecule has 0 amide bonds. The Hall–Kier alpha value is -1.97. The van der Waals surface area contributed by atoms with E-state index in [0.717, 1.165) is 11.1 Å². The molecule has 0 aliphatic carbocycles. The Kier molecular flexibility index (Phi) is 3.94. The summed E-state index contributed by atoms with van der Waals surface area (Å²) in [4.78, 5) is 10.9. The van der Waals surface area contributed by atoms with Gasteiger partial charge in [0.25, 0.3) is 0 Å². The van der Waals surface area contributed by atoms with Crippen molar-refractivity contribution in [3.8, 4) is 0 Å². The standard InChI is InChI=1S/C12H16N2O2/c1-8-6-10(13)11(14)7-9(8)4-3-5-12(15)16-2/h3-4,6-7H,5,13-14H2,1-2H3. The number of nitrogens with two attached hydrogens (primary N) is 2. The van der Waals surface area contributed by atoms with Crippen LogP contribution in [-0.4, -0.2) is 13.1 Å². The van der Waals surface area contributed by atoms with E-state index in [1.54, 1.807) is 12.1 Å². The van der Waals surface area contributed by atoms with Crippen molar-refractivity contribution < 1.29 is 9.53 Å². The normalized spacial score (nSPS) is 10.6. The highest BCUT2D eigenvalue weighted by atomic mass is 16.5. The summed E-state index contributed by atoms with van der Waals surface area (Å²) < 4.78 is 4.53. The van der Waals surface area contributed by atoms with Crippen molar-refractivity contribution in [1.82, 2.24) is 0 Å². The molecule has 0 spiro atoms. The summed E-state index contributed by atoms with van der Waals surface area (Å²) in [5.74, 6) is -0.266. The summed E-state index contributed by atoms with van der Waals surface area (Å²) in [6.45, 7) is 1.94. The molecule has 0 radical (unpaired) electrons. The number of anilines is 2. The number of carbonyl (C=O) groups excluding carboxylic acids is 1. The SMILES string of the molecule is COC(=O)CC=Cc1cc(N)c(N)cc1C.